The van der Waals surface area contributed by atoms with Gasteiger partial charge in [0.1, 0.15) is 18.1 Å². The fraction of sp³-hybridized carbons (Fsp3) is 0.231. The van der Waals surface area contributed by atoms with E-state index >= 15 is 0 Å². The van der Waals surface area contributed by atoms with E-state index in [-0.39, 0.29) is 24.2 Å². The molecule has 0 aliphatic carbocycles. The second-order valence-corrected chi connectivity index (χ2v) is 5.08. The van der Waals surface area contributed by atoms with Gasteiger partial charge >= 0.3 is 0 Å². The van der Waals surface area contributed by atoms with Crippen LogP contribution in [0.2, 0.25) is 5.02 Å². The average molecular weight is 322 g/mol. The fourth-order valence-corrected chi connectivity index (χ4v) is 2.46. The van der Waals surface area contributed by atoms with Crippen LogP contribution in [-0.2, 0) is 9.59 Å². The lowest BCUT2D eigenvalue weighted by Crippen LogP contribution is -2.35. The second kappa shape index (κ2) is 5.64. The molecule has 0 fully saturated rings. The quantitative estimate of drug-likeness (QED) is 0.892. The largest absolute Gasteiger partial charge is 0.495 e. The highest BCUT2D eigenvalue weighted by Crippen LogP contribution is 2.28. The van der Waals surface area contributed by atoms with Crippen molar-refractivity contribution in [3.63, 3.8) is 0 Å². The fourth-order valence-electron chi connectivity index (χ4n) is 2.20. The molecule has 0 saturated carbocycles. The highest BCUT2D eigenvalue weighted by molar-refractivity contribution is 6.32. The van der Waals surface area contributed by atoms with Crippen LogP contribution in [0.4, 0.5) is 11.6 Å². The standard InChI is InChI=1S/C13H12ClN5O3/c1-22-10-3-2-7(4-8(10)14)16-12(21)9-5-11(20)17-13-18-15-6-19(9)13/h2-4,6,9H,5H2,1H3,(H,16,21)(H,17,18,20). The summed E-state index contributed by atoms with van der Waals surface area (Å²) < 4.78 is 6.57. The van der Waals surface area contributed by atoms with E-state index in [9.17, 15) is 9.59 Å². The third-order valence-corrected chi connectivity index (χ3v) is 3.56. The van der Waals surface area contributed by atoms with Crippen LogP contribution in [0, 0.1) is 0 Å². The maximum Gasteiger partial charge on any atom is 0.248 e. The summed E-state index contributed by atoms with van der Waals surface area (Å²) in [5, 5.41) is 13.1. The van der Waals surface area contributed by atoms with Crippen molar-refractivity contribution in [2.45, 2.75) is 12.5 Å². The number of anilines is 2. The van der Waals surface area contributed by atoms with Crippen molar-refractivity contribution >= 4 is 35.1 Å². The molecule has 9 heteroatoms. The van der Waals surface area contributed by atoms with Crippen molar-refractivity contribution in [2.24, 2.45) is 0 Å². The lowest BCUT2D eigenvalue weighted by molar-refractivity contribution is -0.125. The molecule has 2 heterocycles. The molecular formula is C13H12ClN5O3. The molecule has 1 aliphatic rings. The Morgan fingerprint density at radius 3 is 3.09 bits per heavy atom. The molecule has 1 aliphatic heterocycles. The number of methoxy groups -OCH3 is 1. The van der Waals surface area contributed by atoms with Gasteiger partial charge in [-0.1, -0.05) is 11.6 Å². The molecule has 2 N–H and O–H groups in total. The number of halogens is 1. The lowest BCUT2D eigenvalue weighted by atomic mass is 10.1. The van der Waals surface area contributed by atoms with Crippen molar-refractivity contribution in [2.75, 3.05) is 17.7 Å². The van der Waals surface area contributed by atoms with E-state index in [1.54, 1.807) is 18.2 Å². The first-order chi connectivity index (χ1) is 10.6. The van der Waals surface area contributed by atoms with Crippen molar-refractivity contribution < 1.29 is 14.3 Å². The predicted molar refractivity (Wildman–Crippen MR) is 78.9 cm³/mol. The Hall–Kier alpha value is -2.61. The molecule has 2 aromatic rings. The Balaban J connectivity index is 1.81. The molecule has 0 radical (unpaired) electrons. The Morgan fingerprint density at radius 2 is 2.36 bits per heavy atom. The second-order valence-electron chi connectivity index (χ2n) is 4.67. The van der Waals surface area contributed by atoms with Crippen LogP contribution in [0.15, 0.2) is 24.5 Å². The summed E-state index contributed by atoms with van der Waals surface area (Å²) in [6.45, 7) is 0. The highest BCUT2D eigenvalue weighted by Gasteiger charge is 2.31. The molecule has 8 nitrogen and oxygen atoms in total. The first kappa shape index (κ1) is 14.3. The van der Waals surface area contributed by atoms with Crippen LogP contribution < -0.4 is 15.4 Å². The molecular weight excluding hydrogens is 310 g/mol. The number of carbonyl (C=O) groups excluding carboxylic acids is 2. The Morgan fingerprint density at radius 1 is 1.55 bits per heavy atom. The lowest BCUT2D eigenvalue weighted by Gasteiger charge is -2.23. The molecule has 3 rings (SSSR count). The number of ether oxygens (including phenoxy) is 1. The maximum absolute atomic E-state index is 12.4. The van der Waals surface area contributed by atoms with Gasteiger partial charge in [-0.15, -0.1) is 10.2 Å². The minimum Gasteiger partial charge on any atom is -0.495 e. The van der Waals surface area contributed by atoms with Gasteiger partial charge in [0.2, 0.25) is 17.8 Å². The zero-order valence-electron chi connectivity index (χ0n) is 11.5. The van der Waals surface area contributed by atoms with Gasteiger partial charge in [-0.2, -0.15) is 0 Å². The molecule has 0 saturated heterocycles. The number of hydrogen-bond acceptors (Lipinski definition) is 5. The minimum absolute atomic E-state index is 0.0146. The van der Waals surface area contributed by atoms with Gasteiger partial charge < -0.3 is 10.1 Å². The average Bonchev–Trinajstić information content (AvgIpc) is 2.94. The SMILES string of the molecule is COc1ccc(NC(=O)C2CC(=O)Nc3nncn32)cc1Cl. The van der Waals surface area contributed by atoms with Gasteiger partial charge in [-0.25, -0.2) is 0 Å². The van der Waals surface area contributed by atoms with Gasteiger partial charge in [-0.3, -0.25) is 19.5 Å². The maximum atomic E-state index is 12.4. The summed E-state index contributed by atoms with van der Waals surface area (Å²) in [6, 6.07) is 4.18. The summed E-state index contributed by atoms with van der Waals surface area (Å²) >= 11 is 6.02. The van der Waals surface area contributed by atoms with Gasteiger partial charge in [0.15, 0.2) is 0 Å². The number of rotatable bonds is 3. The molecule has 1 atom stereocenters. The van der Waals surface area contributed by atoms with E-state index in [1.807, 2.05) is 0 Å². The molecule has 0 bridgehead atoms. The molecule has 1 aromatic carbocycles. The number of hydrogen-bond donors (Lipinski definition) is 2. The summed E-state index contributed by atoms with van der Waals surface area (Å²) in [4.78, 5) is 24.0. The van der Waals surface area contributed by atoms with E-state index in [1.165, 1.54) is 18.0 Å². The van der Waals surface area contributed by atoms with Crippen LogP contribution in [0.1, 0.15) is 12.5 Å². The van der Waals surface area contributed by atoms with Crippen LogP contribution in [0.25, 0.3) is 0 Å². The van der Waals surface area contributed by atoms with E-state index < -0.39 is 6.04 Å². The van der Waals surface area contributed by atoms with E-state index in [0.29, 0.717) is 16.5 Å². The molecule has 1 unspecified atom stereocenters. The molecule has 114 valence electrons. The van der Waals surface area contributed by atoms with Crippen LogP contribution >= 0.6 is 11.6 Å². The van der Waals surface area contributed by atoms with Crippen molar-refractivity contribution in [1.82, 2.24) is 14.8 Å². The van der Waals surface area contributed by atoms with E-state index in [0.717, 1.165) is 0 Å². The molecule has 0 spiro atoms. The van der Waals surface area contributed by atoms with Crippen molar-refractivity contribution in [3.05, 3.63) is 29.5 Å². The van der Waals surface area contributed by atoms with Crippen LogP contribution in [0.5, 0.6) is 5.75 Å². The number of aromatic nitrogens is 3. The summed E-state index contributed by atoms with van der Waals surface area (Å²) in [5.41, 5.74) is 0.511. The van der Waals surface area contributed by atoms with Crippen molar-refractivity contribution in [3.8, 4) is 5.75 Å². The number of carbonyl (C=O) groups is 2. The van der Waals surface area contributed by atoms with Gasteiger partial charge in [0.25, 0.3) is 0 Å². The third-order valence-electron chi connectivity index (χ3n) is 3.26. The zero-order valence-corrected chi connectivity index (χ0v) is 12.3. The van der Waals surface area contributed by atoms with Gasteiger partial charge in [-0.05, 0) is 18.2 Å². The number of amides is 2. The van der Waals surface area contributed by atoms with Crippen molar-refractivity contribution in [1.29, 1.82) is 0 Å². The first-order valence-corrected chi connectivity index (χ1v) is 6.80. The van der Waals surface area contributed by atoms with E-state index in [2.05, 4.69) is 20.8 Å². The van der Waals surface area contributed by atoms with Crippen LogP contribution in [-0.4, -0.2) is 33.7 Å². The molecule has 22 heavy (non-hydrogen) atoms. The summed E-state index contributed by atoms with van der Waals surface area (Å²) in [7, 11) is 1.51. The molecule has 1 aromatic heterocycles. The minimum atomic E-state index is -0.709. The molecule has 2 amide bonds. The van der Waals surface area contributed by atoms with Gasteiger partial charge in [0.05, 0.1) is 18.6 Å². The van der Waals surface area contributed by atoms with Gasteiger partial charge in [0, 0.05) is 5.69 Å². The number of nitrogens with zero attached hydrogens (tertiary/aromatic N) is 3. The monoisotopic (exact) mass is 321 g/mol. The Bertz CT molecular complexity index is 745. The summed E-state index contributed by atoms with van der Waals surface area (Å²) in [5.74, 6) is 0.132. The summed E-state index contributed by atoms with van der Waals surface area (Å²) in [6.07, 6.45) is 1.42. The first-order valence-electron chi connectivity index (χ1n) is 6.42. The number of benzene rings is 1. The number of fused-ring (bicyclic) bond motifs is 1. The Kier molecular flexibility index (Phi) is 3.68. The predicted octanol–water partition coefficient (Wildman–Crippen LogP) is 1.46. The highest BCUT2D eigenvalue weighted by atomic mass is 35.5. The smallest absolute Gasteiger partial charge is 0.248 e. The zero-order chi connectivity index (χ0) is 15.7. The third kappa shape index (κ3) is 2.60. The normalized spacial score (nSPS) is 16.6. The van der Waals surface area contributed by atoms with E-state index in [4.69, 9.17) is 16.3 Å². The topological polar surface area (TPSA) is 98.1 Å². The number of nitrogens with one attached hydrogen (secondary N) is 2. The Labute approximate surface area is 130 Å². The van der Waals surface area contributed by atoms with Crippen LogP contribution in [0.3, 0.4) is 0 Å².